The fourth-order valence-electron chi connectivity index (χ4n) is 2.12. The number of piperidine rings is 1. The number of ether oxygens (including phenoxy) is 1. The summed E-state index contributed by atoms with van der Waals surface area (Å²) >= 11 is 0. The van der Waals surface area contributed by atoms with Crippen molar-refractivity contribution >= 4 is 5.97 Å². The Balaban J connectivity index is 2.26. The lowest BCUT2D eigenvalue weighted by molar-refractivity contribution is -0.147. The van der Waals surface area contributed by atoms with Crippen molar-refractivity contribution in [2.75, 3.05) is 40.3 Å². The van der Waals surface area contributed by atoms with Gasteiger partial charge in [-0.3, -0.25) is 9.69 Å². The second-order valence-corrected chi connectivity index (χ2v) is 4.35. The quantitative estimate of drug-likeness (QED) is 0.552. The smallest absolute Gasteiger partial charge is 0.308 e. The van der Waals surface area contributed by atoms with Gasteiger partial charge in [0, 0.05) is 13.1 Å². The molecule has 16 heavy (non-hydrogen) atoms. The predicted octanol–water partition coefficient (Wildman–Crippen LogP) is 0.647. The molecule has 4 heteroatoms. The molecule has 1 aliphatic heterocycles. The fraction of sp³-hybridized carbons (Fsp3) is 0.750. The number of nitrogens with zero attached hydrogens (tertiary/aromatic N) is 1. The van der Waals surface area contributed by atoms with Gasteiger partial charge in [-0.2, -0.15) is 0 Å². The molecule has 0 spiro atoms. The van der Waals surface area contributed by atoms with E-state index in [0.717, 1.165) is 39.0 Å². The summed E-state index contributed by atoms with van der Waals surface area (Å²) < 4.78 is 4.76. The maximum absolute atomic E-state index is 11.3. The van der Waals surface area contributed by atoms with E-state index in [4.69, 9.17) is 4.74 Å². The molecule has 1 heterocycles. The molecule has 0 aliphatic carbocycles. The molecule has 0 bridgehead atoms. The molecule has 0 aromatic heterocycles. The van der Waals surface area contributed by atoms with Gasteiger partial charge < -0.3 is 10.1 Å². The zero-order valence-electron chi connectivity index (χ0n) is 10.3. The number of nitrogens with one attached hydrogen (secondary N) is 1. The second-order valence-electron chi connectivity index (χ2n) is 4.35. The molecule has 0 aromatic rings. The SMILES string of the molecule is C=C(CNC)CN1CCC(C(=O)OC)CC1. The Morgan fingerprint density at radius 1 is 1.50 bits per heavy atom. The zero-order chi connectivity index (χ0) is 12.0. The third-order valence-corrected chi connectivity index (χ3v) is 3.00. The van der Waals surface area contributed by atoms with Gasteiger partial charge in [0.05, 0.1) is 13.0 Å². The second kappa shape index (κ2) is 6.66. The Morgan fingerprint density at radius 3 is 2.62 bits per heavy atom. The Bertz CT molecular complexity index is 245. The molecule has 1 rings (SSSR count). The van der Waals surface area contributed by atoms with Gasteiger partial charge in [-0.25, -0.2) is 0 Å². The van der Waals surface area contributed by atoms with E-state index < -0.39 is 0 Å². The lowest BCUT2D eigenvalue weighted by atomic mass is 9.97. The number of likely N-dealkylation sites (tertiary alicyclic amines) is 1. The molecule has 0 unspecified atom stereocenters. The first-order valence-corrected chi connectivity index (χ1v) is 5.78. The molecule has 0 radical (unpaired) electrons. The zero-order valence-corrected chi connectivity index (χ0v) is 10.3. The first-order chi connectivity index (χ1) is 7.67. The fourth-order valence-corrected chi connectivity index (χ4v) is 2.12. The van der Waals surface area contributed by atoms with Gasteiger partial charge in [-0.05, 0) is 38.6 Å². The number of methoxy groups -OCH3 is 1. The van der Waals surface area contributed by atoms with Crippen molar-refractivity contribution in [3.05, 3.63) is 12.2 Å². The van der Waals surface area contributed by atoms with Gasteiger partial charge in [0.2, 0.25) is 0 Å². The first-order valence-electron chi connectivity index (χ1n) is 5.78. The Kier molecular flexibility index (Phi) is 5.49. The minimum absolute atomic E-state index is 0.0614. The van der Waals surface area contributed by atoms with E-state index in [0.29, 0.717) is 0 Å². The molecule has 1 saturated heterocycles. The van der Waals surface area contributed by atoms with Crippen LogP contribution in [0.4, 0.5) is 0 Å². The molecule has 0 atom stereocenters. The maximum Gasteiger partial charge on any atom is 0.308 e. The van der Waals surface area contributed by atoms with Crippen molar-refractivity contribution in [1.29, 1.82) is 0 Å². The van der Waals surface area contributed by atoms with Gasteiger partial charge in [-0.15, -0.1) is 0 Å². The van der Waals surface area contributed by atoms with Crippen molar-refractivity contribution < 1.29 is 9.53 Å². The van der Waals surface area contributed by atoms with E-state index in [1.54, 1.807) is 0 Å². The number of hydrogen-bond donors (Lipinski definition) is 1. The van der Waals surface area contributed by atoms with E-state index in [1.165, 1.54) is 12.7 Å². The number of hydrogen-bond acceptors (Lipinski definition) is 4. The lowest BCUT2D eigenvalue weighted by Crippen LogP contribution is -2.38. The largest absolute Gasteiger partial charge is 0.469 e. The summed E-state index contributed by atoms with van der Waals surface area (Å²) in [5.41, 5.74) is 1.19. The Hall–Kier alpha value is -0.870. The molecule has 1 N–H and O–H groups in total. The number of likely N-dealkylation sites (N-methyl/N-ethyl adjacent to an activating group) is 1. The summed E-state index contributed by atoms with van der Waals surface area (Å²) in [4.78, 5) is 13.7. The molecule has 0 saturated carbocycles. The topological polar surface area (TPSA) is 41.6 Å². The van der Waals surface area contributed by atoms with E-state index in [9.17, 15) is 4.79 Å². The minimum atomic E-state index is -0.0614. The van der Waals surface area contributed by atoms with Gasteiger partial charge >= 0.3 is 5.97 Å². The van der Waals surface area contributed by atoms with Crippen LogP contribution in [0.1, 0.15) is 12.8 Å². The molecule has 4 nitrogen and oxygen atoms in total. The first kappa shape index (κ1) is 13.2. The van der Waals surface area contributed by atoms with Crippen molar-refractivity contribution in [2.24, 2.45) is 5.92 Å². The van der Waals surface area contributed by atoms with Crippen LogP contribution in [0.5, 0.6) is 0 Å². The van der Waals surface area contributed by atoms with Crippen LogP contribution in [0, 0.1) is 5.92 Å². The number of rotatable bonds is 5. The van der Waals surface area contributed by atoms with Crippen LogP contribution in [0.3, 0.4) is 0 Å². The highest BCUT2D eigenvalue weighted by atomic mass is 16.5. The third-order valence-electron chi connectivity index (χ3n) is 3.00. The average Bonchev–Trinajstić information content (AvgIpc) is 2.29. The summed E-state index contributed by atoms with van der Waals surface area (Å²) in [5, 5.41) is 3.09. The lowest BCUT2D eigenvalue weighted by Gasteiger charge is -2.31. The highest BCUT2D eigenvalue weighted by Gasteiger charge is 2.25. The standard InChI is InChI=1S/C12H22N2O2/c1-10(8-13-2)9-14-6-4-11(5-7-14)12(15)16-3/h11,13H,1,4-9H2,2-3H3. The molecule has 0 aromatic carbocycles. The summed E-state index contributed by atoms with van der Waals surface area (Å²) in [7, 11) is 3.39. The van der Waals surface area contributed by atoms with Gasteiger partial charge in [0.1, 0.15) is 0 Å². The van der Waals surface area contributed by atoms with E-state index in [2.05, 4.69) is 16.8 Å². The molecule has 0 amide bonds. The molecule has 1 aliphatic rings. The predicted molar refractivity (Wildman–Crippen MR) is 64.2 cm³/mol. The van der Waals surface area contributed by atoms with Crippen LogP contribution in [0.2, 0.25) is 0 Å². The maximum atomic E-state index is 11.3. The number of carbonyl (C=O) groups excluding carboxylic acids is 1. The highest BCUT2D eigenvalue weighted by molar-refractivity contribution is 5.72. The molecular weight excluding hydrogens is 204 g/mol. The van der Waals surface area contributed by atoms with E-state index in [-0.39, 0.29) is 11.9 Å². The van der Waals surface area contributed by atoms with Crippen LogP contribution in [0.15, 0.2) is 12.2 Å². The minimum Gasteiger partial charge on any atom is -0.469 e. The van der Waals surface area contributed by atoms with Crippen molar-refractivity contribution in [2.45, 2.75) is 12.8 Å². The number of carbonyl (C=O) groups is 1. The average molecular weight is 226 g/mol. The summed E-state index contributed by atoms with van der Waals surface area (Å²) in [6.07, 6.45) is 1.80. The van der Waals surface area contributed by atoms with E-state index >= 15 is 0 Å². The van der Waals surface area contributed by atoms with Crippen molar-refractivity contribution in [3.63, 3.8) is 0 Å². The van der Waals surface area contributed by atoms with Gasteiger partial charge in [0.25, 0.3) is 0 Å². The third kappa shape index (κ3) is 3.94. The van der Waals surface area contributed by atoms with E-state index in [1.807, 2.05) is 7.05 Å². The van der Waals surface area contributed by atoms with Crippen LogP contribution < -0.4 is 5.32 Å². The van der Waals surface area contributed by atoms with Crippen molar-refractivity contribution in [3.8, 4) is 0 Å². The summed E-state index contributed by atoms with van der Waals surface area (Å²) in [6.45, 7) is 7.72. The normalized spacial score (nSPS) is 18.4. The van der Waals surface area contributed by atoms with Gasteiger partial charge in [-0.1, -0.05) is 6.58 Å². The van der Waals surface area contributed by atoms with Crippen LogP contribution in [-0.4, -0.2) is 51.2 Å². The van der Waals surface area contributed by atoms with Crippen LogP contribution in [-0.2, 0) is 9.53 Å². The summed E-state index contributed by atoms with van der Waals surface area (Å²) in [5.74, 6) is 0.0347. The molecular formula is C12H22N2O2. The Labute approximate surface area is 97.6 Å². The summed E-state index contributed by atoms with van der Waals surface area (Å²) in [6, 6.07) is 0. The monoisotopic (exact) mass is 226 g/mol. The molecule has 92 valence electrons. The highest BCUT2D eigenvalue weighted by Crippen LogP contribution is 2.18. The van der Waals surface area contributed by atoms with Crippen molar-refractivity contribution in [1.82, 2.24) is 10.2 Å². The van der Waals surface area contributed by atoms with Gasteiger partial charge in [0.15, 0.2) is 0 Å². The molecule has 1 fully saturated rings. The van der Waals surface area contributed by atoms with Crippen LogP contribution in [0.25, 0.3) is 0 Å². The van der Waals surface area contributed by atoms with Crippen LogP contribution >= 0.6 is 0 Å². The number of esters is 1. The Morgan fingerprint density at radius 2 is 2.12 bits per heavy atom.